The Morgan fingerprint density at radius 1 is 1.38 bits per heavy atom. The van der Waals surface area contributed by atoms with Crippen LogP contribution in [0.1, 0.15) is 29.3 Å². The normalized spacial score (nSPS) is 13.0. The Morgan fingerprint density at radius 2 is 2.00 bits per heavy atom. The van der Waals surface area contributed by atoms with Crippen molar-refractivity contribution < 1.29 is 29.1 Å². The fraction of sp³-hybridized carbons (Fsp3) is 0.467. The van der Waals surface area contributed by atoms with Gasteiger partial charge in [-0.15, -0.1) is 0 Å². The van der Waals surface area contributed by atoms with Crippen LogP contribution in [-0.2, 0) is 9.53 Å². The summed E-state index contributed by atoms with van der Waals surface area (Å²) in [7, 11) is 2.72. The zero-order valence-corrected chi connectivity index (χ0v) is 13.9. The predicted octanol–water partition coefficient (Wildman–Crippen LogP) is 1.52. The van der Waals surface area contributed by atoms with Crippen LogP contribution in [0.2, 0.25) is 0 Å². The highest BCUT2D eigenvalue weighted by Crippen LogP contribution is 2.29. The first kappa shape index (κ1) is 19.4. The molecule has 9 nitrogen and oxygen atoms in total. The van der Waals surface area contributed by atoms with Crippen molar-refractivity contribution in [2.45, 2.75) is 25.8 Å². The summed E-state index contributed by atoms with van der Waals surface area (Å²) in [5, 5.41) is 22.7. The highest BCUT2D eigenvalue weighted by atomic mass is 16.6. The van der Waals surface area contributed by atoms with E-state index in [2.05, 4.69) is 5.32 Å². The highest BCUT2D eigenvalue weighted by molar-refractivity contribution is 5.96. The Labute approximate surface area is 138 Å². The molecule has 1 rings (SSSR count). The number of benzene rings is 1. The standard InChI is InChI=1S/C15H20N2O7/c1-9-11(17(21)22)5-10(6-12(9)24-4)14(20)16-15(2,8-23-3)7-13(18)19/h5-6H,7-8H2,1-4H3,(H,16,20)(H,18,19). The van der Waals surface area contributed by atoms with E-state index in [1.54, 1.807) is 0 Å². The number of ether oxygens (including phenoxy) is 2. The van der Waals surface area contributed by atoms with Crippen LogP contribution in [0.15, 0.2) is 12.1 Å². The van der Waals surface area contributed by atoms with Crippen LogP contribution >= 0.6 is 0 Å². The molecule has 9 heteroatoms. The molecule has 0 aliphatic rings. The number of carboxylic acids is 1. The highest BCUT2D eigenvalue weighted by Gasteiger charge is 2.31. The lowest BCUT2D eigenvalue weighted by atomic mass is 9.98. The molecule has 0 bridgehead atoms. The Morgan fingerprint density at radius 3 is 2.46 bits per heavy atom. The van der Waals surface area contributed by atoms with Crippen LogP contribution in [-0.4, -0.2) is 48.3 Å². The van der Waals surface area contributed by atoms with Crippen LogP contribution in [0.4, 0.5) is 5.69 Å². The summed E-state index contributed by atoms with van der Waals surface area (Å²) < 4.78 is 10.0. The topological polar surface area (TPSA) is 128 Å². The molecule has 1 aromatic rings. The average molecular weight is 340 g/mol. The second-order valence-electron chi connectivity index (χ2n) is 5.60. The number of rotatable bonds is 8. The van der Waals surface area contributed by atoms with Crippen molar-refractivity contribution in [2.75, 3.05) is 20.8 Å². The van der Waals surface area contributed by atoms with Gasteiger partial charge in [0.2, 0.25) is 0 Å². The zero-order chi connectivity index (χ0) is 18.5. The second kappa shape index (κ2) is 7.73. The van der Waals surface area contributed by atoms with E-state index in [1.165, 1.54) is 34.1 Å². The van der Waals surface area contributed by atoms with Gasteiger partial charge in [0.1, 0.15) is 5.75 Å². The second-order valence-corrected chi connectivity index (χ2v) is 5.60. The number of hydrogen-bond donors (Lipinski definition) is 2. The molecule has 1 aromatic carbocycles. The quantitative estimate of drug-likeness (QED) is 0.542. The van der Waals surface area contributed by atoms with Crippen LogP contribution in [0.3, 0.4) is 0 Å². The fourth-order valence-electron chi connectivity index (χ4n) is 2.34. The molecule has 0 saturated carbocycles. The van der Waals surface area contributed by atoms with E-state index < -0.39 is 22.3 Å². The maximum Gasteiger partial charge on any atom is 0.305 e. The van der Waals surface area contributed by atoms with Gasteiger partial charge in [0.25, 0.3) is 11.6 Å². The summed E-state index contributed by atoms with van der Waals surface area (Å²) in [6.45, 7) is 3.00. The first-order chi connectivity index (χ1) is 11.1. The van der Waals surface area contributed by atoms with Gasteiger partial charge in [-0.2, -0.15) is 0 Å². The third kappa shape index (κ3) is 4.66. The van der Waals surface area contributed by atoms with Gasteiger partial charge in [-0.1, -0.05) is 0 Å². The van der Waals surface area contributed by atoms with Gasteiger partial charge in [0.15, 0.2) is 0 Å². The Kier molecular flexibility index (Phi) is 6.24. The van der Waals surface area contributed by atoms with E-state index in [-0.39, 0.29) is 30.0 Å². The third-order valence-corrected chi connectivity index (χ3v) is 3.43. The smallest absolute Gasteiger partial charge is 0.305 e. The summed E-state index contributed by atoms with van der Waals surface area (Å²) in [4.78, 5) is 33.9. The first-order valence-corrected chi connectivity index (χ1v) is 7.00. The van der Waals surface area contributed by atoms with Gasteiger partial charge in [-0.25, -0.2) is 0 Å². The minimum Gasteiger partial charge on any atom is -0.496 e. The molecule has 2 N–H and O–H groups in total. The number of nitro benzene ring substituents is 1. The molecule has 132 valence electrons. The number of nitrogens with zero attached hydrogens (tertiary/aromatic N) is 1. The SMILES string of the molecule is COCC(C)(CC(=O)O)NC(=O)c1cc(OC)c(C)c([N+](=O)[O-])c1. The molecule has 0 fully saturated rings. The maximum absolute atomic E-state index is 12.4. The predicted molar refractivity (Wildman–Crippen MR) is 84.4 cm³/mol. The minimum absolute atomic E-state index is 0.00290. The zero-order valence-electron chi connectivity index (χ0n) is 13.9. The fourth-order valence-corrected chi connectivity index (χ4v) is 2.34. The van der Waals surface area contributed by atoms with Gasteiger partial charge >= 0.3 is 5.97 Å². The molecule has 0 radical (unpaired) electrons. The van der Waals surface area contributed by atoms with Crippen molar-refractivity contribution in [3.8, 4) is 5.75 Å². The minimum atomic E-state index is -1.16. The van der Waals surface area contributed by atoms with Gasteiger partial charge in [0.05, 0.1) is 36.2 Å². The molecule has 1 unspecified atom stereocenters. The van der Waals surface area contributed by atoms with E-state index in [9.17, 15) is 19.7 Å². The van der Waals surface area contributed by atoms with E-state index in [0.717, 1.165) is 6.07 Å². The number of hydrogen-bond acceptors (Lipinski definition) is 6. The van der Waals surface area contributed by atoms with Gasteiger partial charge < -0.3 is 19.9 Å². The Bertz CT molecular complexity index is 659. The number of carbonyl (C=O) groups is 2. The van der Waals surface area contributed by atoms with E-state index in [1.807, 2.05) is 0 Å². The summed E-state index contributed by atoms with van der Waals surface area (Å²) in [5.74, 6) is -1.57. The average Bonchev–Trinajstić information content (AvgIpc) is 2.45. The van der Waals surface area contributed by atoms with Gasteiger partial charge in [0, 0.05) is 18.7 Å². The molecular formula is C15H20N2O7. The van der Waals surface area contributed by atoms with Crippen molar-refractivity contribution in [1.82, 2.24) is 5.32 Å². The summed E-state index contributed by atoms with van der Waals surface area (Å²) >= 11 is 0. The maximum atomic E-state index is 12.4. The van der Waals surface area contributed by atoms with Gasteiger partial charge in [-0.05, 0) is 19.9 Å². The molecule has 0 aromatic heterocycles. The summed E-state index contributed by atoms with van der Waals surface area (Å²) in [6, 6.07) is 2.49. The molecule has 1 amide bonds. The molecule has 24 heavy (non-hydrogen) atoms. The number of nitrogens with one attached hydrogen (secondary N) is 1. The lowest BCUT2D eigenvalue weighted by Crippen LogP contribution is -2.50. The van der Waals surface area contributed by atoms with Crippen molar-refractivity contribution in [3.63, 3.8) is 0 Å². The van der Waals surface area contributed by atoms with Crippen LogP contribution in [0, 0.1) is 17.0 Å². The van der Waals surface area contributed by atoms with E-state index >= 15 is 0 Å². The molecular weight excluding hydrogens is 320 g/mol. The van der Waals surface area contributed by atoms with E-state index in [0.29, 0.717) is 5.56 Å². The third-order valence-electron chi connectivity index (χ3n) is 3.43. The summed E-state index contributed by atoms with van der Waals surface area (Å²) in [5.41, 5.74) is -1.13. The van der Waals surface area contributed by atoms with Crippen molar-refractivity contribution >= 4 is 17.6 Å². The van der Waals surface area contributed by atoms with Crippen molar-refractivity contribution in [2.24, 2.45) is 0 Å². The molecule has 0 aliphatic carbocycles. The number of amides is 1. The van der Waals surface area contributed by atoms with Crippen LogP contribution in [0.5, 0.6) is 5.75 Å². The Balaban J connectivity index is 3.20. The molecule has 0 spiro atoms. The lowest BCUT2D eigenvalue weighted by molar-refractivity contribution is -0.385. The largest absolute Gasteiger partial charge is 0.496 e. The number of carbonyl (C=O) groups excluding carboxylic acids is 1. The molecule has 0 aliphatic heterocycles. The van der Waals surface area contributed by atoms with Crippen LogP contribution < -0.4 is 10.1 Å². The Hall–Kier alpha value is -2.68. The summed E-state index contributed by atoms with van der Waals surface area (Å²) in [6.07, 6.45) is -0.363. The van der Waals surface area contributed by atoms with Gasteiger partial charge in [-0.3, -0.25) is 19.7 Å². The monoisotopic (exact) mass is 340 g/mol. The number of aliphatic carboxylic acids is 1. The first-order valence-electron chi connectivity index (χ1n) is 7.00. The molecule has 1 atom stereocenters. The number of carboxylic acid groups (broad SMARTS) is 1. The molecule has 0 saturated heterocycles. The lowest BCUT2D eigenvalue weighted by Gasteiger charge is -2.28. The number of methoxy groups -OCH3 is 2. The van der Waals surface area contributed by atoms with Crippen LogP contribution in [0.25, 0.3) is 0 Å². The van der Waals surface area contributed by atoms with E-state index in [4.69, 9.17) is 14.6 Å². The van der Waals surface area contributed by atoms with Crippen molar-refractivity contribution in [3.05, 3.63) is 33.4 Å². The molecule has 0 heterocycles. The van der Waals surface area contributed by atoms with Crippen molar-refractivity contribution in [1.29, 1.82) is 0 Å². The number of nitro groups is 1.